The Bertz CT molecular complexity index is 601. The summed E-state index contributed by atoms with van der Waals surface area (Å²) in [6.07, 6.45) is 4.58. The Morgan fingerprint density at radius 2 is 1.44 bits per heavy atom. The molecule has 0 bridgehead atoms. The summed E-state index contributed by atoms with van der Waals surface area (Å²) in [6, 6.07) is 17.2. The van der Waals surface area contributed by atoms with Gasteiger partial charge in [0.2, 0.25) is 0 Å². The highest BCUT2D eigenvalue weighted by Gasteiger charge is 2.15. The van der Waals surface area contributed by atoms with Gasteiger partial charge in [-0.3, -0.25) is 0 Å². The van der Waals surface area contributed by atoms with Crippen LogP contribution in [-0.2, 0) is 0 Å². The average molecular weight is 341 g/mol. The Morgan fingerprint density at radius 3 is 2.00 bits per heavy atom. The minimum atomic E-state index is 0.524. The summed E-state index contributed by atoms with van der Waals surface area (Å²) in [5, 5.41) is 0. The molecule has 2 atom stereocenters. The first-order valence-electron chi connectivity index (χ1n) is 9.54. The van der Waals surface area contributed by atoms with Crippen LogP contribution < -0.4 is 9.47 Å². The van der Waals surface area contributed by atoms with Crippen LogP contribution in [0, 0.1) is 0 Å². The van der Waals surface area contributed by atoms with Gasteiger partial charge >= 0.3 is 0 Å². The van der Waals surface area contributed by atoms with Gasteiger partial charge in [-0.15, -0.1) is 0 Å². The molecule has 0 aliphatic heterocycles. The largest absolute Gasteiger partial charge is 0.497 e. The number of benzene rings is 2. The number of hydrogen-bond donors (Lipinski definition) is 0. The molecule has 25 heavy (non-hydrogen) atoms. The van der Waals surface area contributed by atoms with Crippen LogP contribution in [0.15, 0.2) is 48.5 Å². The number of ether oxygens (including phenoxy) is 2. The van der Waals surface area contributed by atoms with Crippen molar-refractivity contribution in [2.75, 3.05) is 13.7 Å². The highest BCUT2D eigenvalue weighted by atomic mass is 16.5. The molecule has 0 heterocycles. The van der Waals surface area contributed by atoms with Crippen LogP contribution in [-0.4, -0.2) is 13.7 Å². The quantitative estimate of drug-likeness (QED) is 0.456. The molecule has 0 spiro atoms. The fraction of sp³-hybridized carbons (Fsp3) is 0.478. The maximum Gasteiger partial charge on any atom is 0.119 e. The zero-order valence-electron chi connectivity index (χ0n) is 16.1. The summed E-state index contributed by atoms with van der Waals surface area (Å²) in [5.74, 6) is 3.00. The molecule has 0 aliphatic rings. The average Bonchev–Trinajstić information content (AvgIpc) is 2.67. The topological polar surface area (TPSA) is 18.5 Å². The number of methoxy groups -OCH3 is 1. The maximum atomic E-state index is 5.78. The maximum absolute atomic E-state index is 5.78. The smallest absolute Gasteiger partial charge is 0.119 e. The van der Waals surface area contributed by atoms with E-state index in [1.165, 1.54) is 17.5 Å². The highest BCUT2D eigenvalue weighted by Crippen LogP contribution is 2.33. The molecule has 0 radical (unpaired) electrons. The van der Waals surface area contributed by atoms with Crippen molar-refractivity contribution in [3.63, 3.8) is 0 Å². The molecule has 0 N–H and O–H groups in total. The summed E-state index contributed by atoms with van der Waals surface area (Å²) < 4.78 is 11.0. The second-order valence-corrected chi connectivity index (χ2v) is 6.79. The van der Waals surface area contributed by atoms with E-state index in [9.17, 15) is 0 Å². The molecule has 2 heteroatoms. The molecule has 0 fully saturated rings. The van der Waals surface area contributed by atoms with E-state index in [0.717, 1.165) is 37.4 Å². The Balaban J connectivity index is 1.98. The lowest BCUT2D eigenvalue weighted by molar-refractivity contribution is 0.309. The van der Waals surface area contributed by atoms with Gasteiger partial charge in [0, 0.05) is 0 Å². The number of rotatable bonds is 10. The lowest BCUT2D eigenvalue weighted by Crippen LogP contribution is -2.04. The van der Waals surface area contributed by atoms with E-state index in [0.29, 0.717) is 11.8 Å². The Hall–Kier alpha value is -1.96. The minimum Gasteiger partial charge on any atom is -0.497 e. The van der Waals surface area contributed by atoms with E-state index >= 15 is 0 Å². The van der Waals surface area contributed by atoms with Gasteiger partial charge in [0.15, 0.2) is 0 Å². The van der Waals surface area contributed by atoms with Gasteiger partial charge in [-0.05, 0) is 66.5 Å². The third-order valence-corrected chi connectivity index (χ3v) is 4.93. The molecule has 0 saturated heterocycles. The molecule has 2 unspecified atom stereocenters. The lowest BCUT2D eigenvalue weighted by Gasteiger charge is -2.21. The first kappa shape index (κ1) is 19.4. The highest BCUT2D eigenvalue weighted by molar-refractivity contribution is 5.32. The predicted molar refractivity (Wildman–Crippen MR) is 106 cm³/mol. The molecule has 136 valence electrons. The predicted octanol–water partition coefficient (Wildman–Crippen LogP) is 6.56. The van der Waals surface area contributed by atoms with Crippen molar-refractivity contribution >= 4 is 0 Å². The third-order valence-electron chi connectivity index (χ3n) is 4.93. The Labute approximate surface area is 153 Å². The van der Waals surface area contributed by atoms with E-state index in [4.69, 9.17) is 9.47 Å². The van der Waals surface area contributed by atoms with Crippen LogP contribution in [0.4, 0.5) is 0 Å². The summed E-state index contributed by atoms with van der Waals surface area (Å²) in [7, 11) is 1.71. The van der Waals surface area contributed by atoms with Crippen molar-refractivity contribution in [2.24, 2.45) is 0 Å². The number of hydrogen-bond acceptors (Lipinski definition) is 2. The fourth-order valence-corrected chi connectivity index (χ4v) is 3.20. The SMILES string of the molecule is CCCCOc1ccc(C(CC)CC(C)c2ccc(OC)cc2)cc1. The summed E-state index contributed by atoms with van der Waals surface area (Å²) in [6.45, 7) is 7.58. The van der Waals surface area contributed by atoms with Crippen molar-refractivity contribution in [1.29, 1.82) is 0 Å². The zero-order chi connectivity index (χ0) is 18.1. The lowest BCUT2D eigenvalue weighted by atomic mass is 9.84. The van der Waals surface area contributed by atoms with Gasteiger partial charge in [0.25, 0.3) is 0 Å². The van der Waals surface area contributed by atoms with Crippen LogP contribution in [0.5, 0.6) is 11.5 Å². The van der Waals surface area contributed by atoms with E-state index in [2.05, 4.69) is 69.3 Å². The Kier molecular flexibility index (Phi) is 7.84. The molecule has 0 aromatic heterocycles. The molecule has 0 amide bonds. The van der Waals surface area contributed by atoms with Crippen LogP contribution in [0.2, 0.25) is 0 Å². The second-order valence-electron chi connectivity index (χ2n) is 6.79. The van der Waals surface area contributed by atoms with Crippen molar-refractivity contribution in [1.82, 2.24) is 0 Å². The van der Waals surface area contributed by atoms with Crippen LogP contribution in [0.25, 0.3) is 0 Å². The number of unbranched alkanes of at least 4 members (excludes halogenated alkanes) is 1. The van der Waals surface area contributed by atoms with Gasteiger partial charge in [0.05, 0.1) is 13.7 Å². The first-order valence-corrected chi connectivity index (χ1v) is 9.54. The zero-order valence-corrected chi connectivity index (χ0v) is 16.1. The van der Waals surface area contributed by atoms with Gasteiger partial charge in [-0.25, -0.2) is 0 Å². The van der Waals surface area contributed by atoms with E-state index < -0.39 is 0 Å². The molecule has 2 aromatic rings. The van der Waals surface area contributed by atoms with Gasteiger partial charge in [-0.2, -0.15) is 0 Å². The van der Waals surface area contributed by atoms with Gasteiger partial charge in [-0.1, -0.05) is 51.5 Å². The molecule has 0 aliphatic carbocycles. The van der Waals surface area contributed by atoms with Gasteiger partial charge < -0.3 is 9.47 Å². The van der Waals surface area contributed by atoms with E-state index in [1.54, 1.807) is 7.11 Å². The third kappa shape index (κ3) is 5.81. The summed E-state index contributed by atoms with van der Waals surface area (Å²) in [5.41, 5.74) is 2.78. The van der Waals surface area contributed by atoms with Crippen molar-refractivity contribution in [2.45, 2.75) is 58.3 Å². The normalized spacial score (nSPS) is 13.3. The molecule has 0 saturated carbocycles. The van der Waals surface area contributed by atoms with Crippen molar-refractivity contribution in [3.05, 3.63) is 59.7 Å². The first-order chi connectivity index (χ1) is 12.2. The standard InChI is InChI=1S/C23H32O2/c1-5-7-16-25-23-14-10-21(11-15-23)19(6-2)17-18(3)20-8-12-22(24-4)13-9-20/h8-15,18-19H,5-7,16-17H2,1-4H3. The van der Waals surface area contributed by atoms with Gasteiger partial charge in [0.1, 0.15) is 11.5 Å². The van der Waals surface area contributed by atoms with E-state index in [1.807, 2.05) is 0 Å². The van der Waals surface area contributed by atoms with Crippen LogP contribution in [0.1, 0.15) is 69.4 Å². The molecule has 2 rings (SSSR count). The van der Waals surface area contributed by atoms with E-state index in [-0.39, 0.29) is 0 Å². The summed E-state index contributed by atoms with van der Waals surface area (Å²) in [4.78, 5) is 0. The minimum absolute atomic E-state index is 0.524. The summed E-state index contributed by atoms with van der Waals surface area (Å²) >= 11 is 0. The fourth-order valence-electron chi connectivity index (χ4n) is 3.20. The van der Waals surface area contributed by atoms with Crippen LogP contribution >= 0.6 is 0 Å². The van der Waals surface area contributed by atoms with Crippen molar-refractivity contribution in [3.8, 4) is 11.5 Å². The second kappa shape index (κ2) is 10.1. The Morgan fingerprint density at radius 1 is 0.840 bits per heavy atom. The molecular weight excluding hydrogens is 308 g/mol. The van der Waals surface area contributed by atoms with Crippen LogP contribution in [0.3, 0.4) is 0 Å². The molecule has 2 aromatic carbocycles. The molecular formula is C23H32O2. The molecule has 2 nitrogen and oxygen atoms in total. The monoisotopic (exact) mass is 340 g/mol. The van der Waals surface area contributed by atoms with Crippen molar-refractivity contribution < 1.29 is 9.47 Å².